The molecule has 0 unspecified atom stereocenters. The monoisotopic (exact) mass is 374 g/mol. The number of likely N-dealkylation sites (tertiary alicyclic amines) is 1. The quantitative estimate of drug-likeness (QED) is 0.708. The van der Waals surface area contributed by atoms with Gasteiger partial charge in [0.2, 0.25) is 0 Å². The van der Waals surface area contributed by atoms with Crippen LogP contribution in [0.5, 0.6) is 0 Å². The van der Waals surface area contributed by atoms with E-state index in [-0.39, 0.29) is 0 Å². The molecular formula is C21H27ClN2O2. The second kappa shape index (κ2) is 10.0. The highest BCUT2D eigenvalue weighted by Crippen LogP contribution is 2.16. The summed E-state index contributed by atoms with van der Waals surface area (Å²) in [5.74, 6) is 0. The Morgan fingerprint density at radius 2 is 1.92 bits per heavy atom. The molecule has 0 saturated carbocycles. The maximum atomic E-state index is 10.1. The molecule has 2 aromatic rings. The number of nitrogens with one attached hydrogen (secondary N) is 1. The number of aliphatic hydroxyl groups is 1. The van der Waals surface area contributed by atoms with Crippen LogP contribution in [0.15, 0.2) is 54.6 Å². The van der Waals surface area contributed by atoms with Crippen molar-refractivity contribution in [3.05, 3.63) is 70.7 Å². The van der Waals surface area contributed by atoms with E-state index in [9.17, 15) is 5.11 Å². The van der Waals surface area contributed by atoms with Crippen molar-refractivity contribution < 1.29 is 9.84 Å². The fraction of sp³-hybridized carbons (Fsp3) is 0.429. The molecule has 26 heavy (non-hydrogen) atoms. The molecule has 5 heteroatoms. The molecule has 0 amide bonds. The summed E-state index contributed by atoms with van der Waals surface area (Å²) < 4.78 is 5.59. The van der Waals surface area contributed by atoms with Gasteiger partial charge < -0.3 is 15.2 Å². The van der Waals surface area contributed by atoms with Crippen molar-refractivity contribution in [3.63, 3.8) is 0 Å². The molecule has 1 aliphatic rings. The van der Waals surface area contributed by atoms with Crippen LogP contribution in [-0.4, -0.2) is 48.4 Å². The van der Waals surface area contributed by atoms with Crippen molar-refractivity contribution in [1.82, 2.24) is 10.2 Å². The van der Waals surface area contributed by atoms with Crippen LogP contribution >= 0.6 is 11.6 Å². The standard InChI is InChI=1S/C21H27ClN2O2/c22-21-9-5-4-8-18(21)15-26-16-20(25)12-23-19-10-11-24(14-19)13-17-6-2-1-3-7-17/h1-9,19-20,23,25H,10-16H2/t19-,20+/m1/s1. The summed E-state index contributed by atoms with van der Waals surface area (Å²) in [6.07, 6.45) is 0.598. The third kappa shape index (κ3) is 6.08. The van der Waals surface area contributed by atoms with Gasteiger partial charge in [-0.3, -0.25) is 4.90 Å². The highest BCUT2D eigenvalue weighted by atomic mass is 35.5. The van der Waals surface area contributed by atoms with Gasteiger partial charge in [-0.15, -0.1) is 0 Å². The summed E-state index contributed by atoms with van der Waals surface area (Å²) in [5, 5.41) is 14.3. The lowest BCUT2D eigenvalue weighted by Gasteiger charge is -2.18. The van der Waals surface area contributed by atoms with Gasteiger partial charge in [-0.1, -0.05) is 60.1 Å². The fourth-order valence-electron chi connectivity index (χ4n) is 3.27. The Morgan fingerprint density at radius 3 is 2.73 bits per heavy atom. The van der Waals surface area contributed by atoms with Crippen LogP contribution in [0.3, 0.4) is 0 Å². The van der Waals surface area contributed by atoms with Gasteiger partial charge in [0.1, 0.15) is 0 Å². The molecule has 0 bridgehead atoms. The first-order chi connectivity index (χ1) is 12.7. The molecule has 0 aromatic heterocycles. The van der Waals surface area contributed by atoms with Gasteiger partial charge in [0.05, 0.1) is 19.3 Å². The molecule has 0 spiro atoms. The van der Waals surface area contributed by atoms with Gasteiger partial charge in [0.25, 0.3) is 0 Å². The van der Waals surface area contributed by atoms with Crippen molar-refractivity contribution in [2.75, 3.05) is 26.2 Å². The molecule has 2 N–H and O–H groups in total. The molecule has 1 saturated heterocycles. The predicted octanol–water partition coefficient (Wildman–Crippen LogP) is 3.08. The lowest BCUT2D eigenvalue weighted by molar-refractivity contribution is 0.0277. The fourth-order valence-corrected chi connectivity index (χ4v) is 3.46. The third-order valence-electron chi connectivity index (χ3n) is 4.69. The highest BCUT2D eigenvalue weighted by molar-refractivity contribution is 6.31. The molecule has 140 valence electrons. The van der Waals surface area contributed by atoms with E-state index in [1.165, 1.54) is 5.56 Å². The largest absolute Gasteiger partial charge is 0.389 e. The highest BCUT2D eigenvalue weighted by Gasteiger charge is 2.22. The Bertz CT molecular complexity index is 668. The zero-order valence-corrected chi connectivity index (χ0v) is 15.7. The van der Waals surface area contributed by atoms with Gasteiger partial charge >= 0.3 is 0 Å². The third-order valence-corrected chi connectivity index (χ3v) is 5.06. The normalized spacial score (nSPS) is 18.9. The van der Waals surface area contributed by atoms with Crippen LogP contribution in [0, 0.1) is 0 Å². The smallest absolute Gasteiger partial charge is 0.0897 e. The van der Waals surface area contributed by atoms with Crippen molar-refractivity contribution in [1.29, 1.82) is 0 Å². The maximum absolute atomic E-state index is 10.1. The van der Waals surface area contributed by atoms with Crippen LogP contribution in [0.4, 0.5) is 0 Å². The van der Waals surface area contributed by atoms with E-state index in [0.29, 0.717) is 30.8 Å². The minimum atomic E-state index is -0.513. The van der Waals surface area contributed by atoms with Crippen molar-refractivity contribution >= 4 is 11.6 Å². The van der Waals surface area contributed by atoms with E-state index < -0.39 is 6.10 Å². The van der Waals surface area contributed by atoms with Crippen molar-refractivity contribution in [2.24, 2.45) is 0 Å². The number of nitrogens with zero attached hydrogens (tertiary/aromatic N) is 1. The molecule has 1 heterocycles. The number of rotatable bonds is 9. The van der Waals surface area contributed by atoms with Crippen LogP contribution in [0.1, 0.15) is 17.5 Å². The molecule has 2 atom stereocenters. The molecule has 2 aromatic carbocycles. The van der Waals surface area contributed by atoms with Gasteiger partial charge in [0, 0.05) is 37.2 Å². The van der Waals surface area contributed by atoms with Gasteiger partial charge in [-0.2, -0.15) is 0 Å². The SMILES string of the molecule is O[C@@H](CN[C@@H]1CCN(Cc2ccccc2)C1)COCc1ccccc1Cl. The average molecular weight is 375 g/mol. The Balaban J connectivity index is 1.31. The summed E-state index contributed by atoms with van der Waals surface area (Å²) in [6.45, 7) is 4.37. The molecular weight excluding hydrogens is 348 g/mol. The van der Waals surface area contributed by atoms with Gasteiger partial charge in [-0.05, 0) is 23.6 Å². The van der Waals surface area contributed by atoms with Crippen molar-refractivity contribution in [2.45, 2.75) is 31.7 Å². The minimum absolute atomic E-state index is 0.304. The number of hydrogen-bond acceptors (Lipinski definition) is 4. The topological polar surface area (TPSA) is 44.7 Å². The number of ether oxygens (including phenoxy) is 1. The lowest BCUT2D eigenvalue weighted by atomic mass is 10.2. The van der Waals surface area contributed by atoms with E-state index in [1.54, 1.807) is 0 Å². The van der Waals surface area contributed by atoms with E-state index in [1.807, 2.05) is 30.3 Å². The first-order valence-electron chi connectivity index (χ1n) is 9.19. The number of aliphatic hydroxyl groups excluding tert-OH is 1. The molecule has 4 nitrogen and oxygen atoms in total. The number of benzene rings is 2. The van der Waals surface area contributed by atoms with E-state index in [4.69, 9.17) is 16.3 Å². The Labute approximate surface area is 160 Å². The molecule has 0 radical (unpaired) electrons. The Morgan fingerprint density at radius 1 is 1.15 bits per heavy atom. The van der Waals surface area contributed by atoms with Gasteiger partial charge in [0.15, 0.2) is 0 Å². The number of halogens is 1. The summed E-state index contributed by atoms with van der Waals surface area (Å²) in [7, 11) is 0. The van der Waals surface area contributed by atoms with Gasteiger partial charge in [-0.25, -0.2) is 0 Å². The molecule has 1 fully saturated rings. The predicted molar refractivity (Wildman–Crippen MR) is 105 cm³/mol. The Hall–Kier alpha value is -1.43. The summed E-state index contributed by atoms with van der Waals surface area (Å²) in [4.78, 5) is 2.45. The Kier molecular flexibility index (Phi) is 7.47. The minimum Gasteiger partial charge on any atom is -0.389 e. The lowest BCUT2D eigenvalue weighted by Crippen LogP contribution is -2.39. The zero-order chi connectivity index (χ0) is 18.2. The van der Waals surface area contributed by atoms with Crippen LogP contribution in [-0.2, 0) is 17.9 Å². The molecule has 0 aliphatic carbocycles. The second-order valence-corrected chi connectivity index (χ2v) is 7.28. The van der Waals surface area contributed by atoms with Crippen LogP contribution in [0.25, 0.3) is 0 Å². The number of hydrogen-bond donors (Lipinski definition) is 2. The summed E-state index contributed by atoms with van der Waals surface area (Å²) in [6, 6.07) is 18.6. The van der Waals surface area contributed by atoms with Crippen molar-refractivity contribution in [3.8, 4) is 0 Å². The first-order valence-corrected chi connectivity index (χ1v) is 9.57. The summed E-state index contributed by atoms with van der Waals surface area (Å²) >= 11 is 6.10. The van der Waals surface area contributed by atoms with Crippen LogP contribution in [0.2, 0.25) is 5.02 Å². The zero-order valence-electron chi connectivity index (χ0n) is 15.0. The maximum Gasteiger partial charge on any atom is 0.0897 e. The van der Waals surface area contributed by atoms with E-state index in [0.717, 1.165) is 31.6 Å². The molecule has 3 rings (SSSR count). The second-order valence-electron chi connectivity index (χ2n) is 6.87. The average Bonchev–Trinajstić information content (AvgIpc) is 3.10. The van der Waals surface area contributed by atoms with E-state index in [2.05, 4.69) is 34.5 Å². The first kappa shape index (κ1) is 19.3. The summed E-state index contributed by atoms with van der Waals surface area (Å²) in [5.41, 5.74) is 2.29. The molecule has 1 aliphatic heterocycles. The van der Waals surface area contributed by atoms with Crippen LogP contribution < -0.4 is 5.32 Å². The van der Waals surface area contributed by atoms with E-state index >= 15 is 0 Å².